The molecule has 0 radical (unpaired) electrons. The molecule has 132 valence electrons. The Morgan fingerprint density at radius 1 is 0.962 bits per heavy atom. The molecule has 26 heavy (non-hydrogen) atoms. The molecule has 0 fully saturated rings. The summed E-state index contributed by atoms with van der Waals surface area (Å²) in [6.07, 6.45) is 2.99. The van der Waals surface area contributed by atoms with Crippen molar-refractivity contribution in [1.82, 2.24) is 4.98 Å². The predicted octanol–water partition coefficient (Wildman–Crippen LogP) is 5.03. The maximum Gasteiger partial charge on any atom is 0.306 e. The van der Waals surface area contributed by atoms with Gasteiger partial charge in [0, 0.05) is 11.8 Å². The van der Waals surface area contributed by atoms with Crippen molar-refractivity contribution in [2.75, 3.05) is 6.61 Å². The van der Waals surface area contributed by atoms with Crippen LogP contribution in [-0.4, -0.2) is 17.6 Å². The van der Waals surface area contributed by atoms with E-state index < -0.39 is 0 Å². The van der Waals surface area contributed by atoms with Crippen molar-refractivity contribution in [2.24, 2.45) is 0 Å². The number of hydrogen-bond acceptors (Lipinski definition) is 3. The number of hydrogen-bond donors (Lipinski definition) is 0. The minimum atomic E-state index is -0.147. The van der Waals surface area contributed by atoms with E-state index in [1.807, 2.05) is 43.3 Å². The second-order valence-electron chi connectivity index (χ2n) is 6.23. The first-order chi connectivity index (χ1) is 12.8. The summed E-state index contributed by atoms with van der Waals surface area (Å²) in [5.74, 6) is -0.0394. The summed E-state index contributed by atoms with van der Waals surface area (Å²) in [5.41, 5.74) is 4.42. The molecule has 2 aromatic carbocycles. The van der Waals surface area contributed by atoms with Crippen molar-refractivity contribution in [1.29, 1.82) is 0 Å². The van der Waals surface area contributed by atoms with Crippen LogP contribution in [-0.2, 0) is 16.0 Å². The summed E-state index contributed by atoms with van der Waals surface area (Å²) >= 11 is 0. The number of carbonyl (C=O) groups is 1. The summed E-state index contributed by atoms with van der Waals surface area (Å²) < 4.78 is 5.16. The highest BCUT2D eigenvalue weighted by atomic mass is 16.5. The van der Waals surface area contributed by atoms with Gasteiger partial charge >= 0.3 is 5.97 Å². The van der Waals surface area contributed by atoms with Crippen LogP contribution in [0, 0.1) is 0 Å². The Morgan fingerprint density at radius 2 is 1.69 bits per heavy atom. The molecule has 0 amide bonds. The Labute approximate surface area is 154 Å². The lowest BCUT2D eigenvalue weighted by Crippen LogP contribution is -2.12. The van der Waals surface area contributed by atoms with Crippen molar-refractivity contribution in [3.63, 3.8) is 0 Å². The van der Waals surface area contributed by atoms with Crippen LogP contribution in [0.15, 0.2) is 79.0 Å². The van der Waals surface area contributed by atoms with Gasteiger partial charge in [0.25, 0.3) is 0 Å². The lowest BCUT2D eigenvalue weighted by atomic mass is 9.89. The molecular weight excluding hydrogens is 322 g/mol. The quantitative estimate of drug-likeness (QED) is 0.564. The summed E-state index contributed by atoms with van der Waals surface area (Å²) in [5, 5.41) is 0. The fourth-order valence-corrected chi connectivity index (χ4v) is 3.08. The summed E-state index contributed by atoms with van der Waals surface area (Å²) in [4.78, 5) is 16.4. The number of pyridine rings is 1. The zero-order chi connectivity index (χ0) is 18.2. The Bertz CT molecular complexity index is 814. The zero-order valence-electron chi connectivity index (χ0n) is 15.0. The maximum atomic E-state index is 12.0. The zero-order valence-corrected chi connectivity index (χ0v) is 15.0. The van der Waals surface area contributed by atoms with Gasteiger partial charge in [-0.2, -0.15) is 0 Å². The van der Waals surface area contributed by atoms with Crippen LogP contribution in [0.4, 0.5) is 0 Å². The van der Waals surface area contributed by atoms with E-state index in [-0.39, 0.29) is 11.9 Å². The molecule has 0 spiro atoms. The standard InChI is InChI=1S/C23H23NO2/c1-2-26-23(25)17-21(19-8-4-3-5-9-19)16-18-11-13-20(14-12-18)22-10-6-7-15-24-22/h3-15,21H,2,16-17H2,1H3. The van der Waals surface area contributed by atoms with Crippen LogP contribution < -0.4 is 0 Å². The Morgan fingerprint density at radius 3 is 2.35 bits per heavy atom. The van der Waals surface area contributed by atoms with Crippen molar-refractivity contribution < 1.29 is 9.53 Å². The highest BCUT2D eigenvalue weighted by Crippen LogP contribution is 2.26. The van der Waals surface area contributed by atoms with Gasteiger partial charge in [-0.15, -0.1) is 0 Å². The molecule has 0 bridgehead atoms. The topological polar surface area (TPSA) is 39.2 Å². The van der Waals surface area contributed by atoms with Crippen molar-refractivity contribution in [3.8, 4) is 11.3 Å². The summed E-state index contributed by atoms with van der Waals surface area (Å²) in [6.45, 7) is 2.25. The minimum Gasteiger partial charge on any atom is -0.466 e. The van der Waals surface area contributed by atoms with Crippen LogP contribution in [0.1, 0.15) is 30.4 Å². The number of benzene rings is 2. The highest BCUT2D eigenvalue weighted by Gasteiger charge is 2.17. The minimum absolute atomic E-state index is 0.107. The van der Waals surface area contributed by atoms with E-state index in [1.165, 1.54) is 5.56 Å². The molecule has 0 N–H and O–H groups in total. The van der Waals surface area contributed by atoms with Crippen LogP contribution in [0.25, 0.3) is 11.3 Å². The van der Waals surface area contributed by atoms with Gasteiger partial charge in [0.1, 0.15) is 0 Å². The van der Waals surface area contributed by atoms with Gasteiger partial charge in [0.2, 0.25) is 0 Å². The molecule has 1 atom stereocenters. The van der Waals surface area contributed by atoms with E-state index >= 15 is 0 Å². The molecule has 1 aromatic heterocycles. The summed E-state index contributed by atoms with van der Waals surface area (Å²) in [6, 6.07) is 24.5. The molecule has 3 heteroatoms. The molecular formula is C23H23NO2. The van der Waals surface area contributed by atoms with Crippen molar-refractivity contribution in [3.05, 3.63) is 90.1 Å². The smallest absolute Gasteiger partial charge is 0.306 e. The fraction of sp³-hybridized carbons (Fsp3) is 0.217. The average molecular weight is 345 g/mol. The number of carbonyl (C=O) groups excluding carboxylic acids is 1. The summed E-state index contributed by atoms with van der Waals surface area (Å²) in [7, 11) is 0. The van der Waals surface area contributed by atoms with Crippen LogP contribution in [0.2, 0.25) is 0 Å². The molecule has 3 rings (SSSR count). The third-order valence-corrected chi connectivity index (χ3v) is 4.39. The van der Waals surface area contributed by atoms with E-state index in [0.717, 1.165) is 23.2 Å². The molecule has 3 aromatic rings. The SMILES string of the molecule is CCOC(=O)CC(Cc1ccc(-c2ccccn2)cc1)c1ccccc1. The Kier molecular flexibility index (Phi) is 6.15. The van der Waals surface area contributed by atoms with Gasteiger partial charge in [0.05, 0.1) is 18.7 Å². The molecule has 3 nitrogen and oxygen atoms in total. The molecule has 0 aliphatic carbocycles. The number of esters is 1. The molecule has 0 saturated heterocycles. The predicted molar refractivity (Wildman–Crippen MR) is 104 cm³/mol. The van der Waals surface area contributed by atoms with Gasteiger partial charge < -0.3 is 4.74 Å². The molecule has 1 heterocycles. The third-order valence-electron chi connectivity index (χ3n) is 4.39. The molecule has 0 saturated carbocycles. The number of aromatic nitrogens is 1. The van der Waals surface area contributed by atoms with Crippen LogP contribution in [0.3, 0.4) is 0 Å². The fourth-order valence-electron chi connectivity index (χ4n) is 3.08. The van der Waals surface area contributed by atoms with Gasteiger partial charge in [-0.3, -0.25) is 9.78 Å². The van der Waals surface area contributed by atoms with Gasteiger partial charge in [0.15, 0.2) is 0 Å². The maximum absolute atomic E-state index is 12.0. The van der Waals surface area contributed by atoms with E-state index in [4.69, 9.17) is 4.74 Å². The van der Waals surface area contributed by atoms with E-state index in [1.54, 1.807) is 6.20 Å². The number of nitrogens with zero attached hydrogens (tertiary/aromatic N) is 1. The van der Waals surface area contributed by atoms with Crippen molar-refractivity contribution >= 4 is 5.97 Å². The highest BCUT2D eigenvalue weighted by molar-refractivity contribution is 5.70. The van der Waals surface area contributed by atoms with E-state index in [0.29, 0.717) is 13.0 Å². The normalized spacial score (nSPS) is 11.7. The lowest BCUT2D eigenvalue weighted by Gasteiger charge is -2.17. The molecule has 0 aliphatic rings. The molecule has 1 unspecified atom stereocenters. The van der Waals surface area contributed by atoms with Crippen molar-refractivity contribution in [2.45, 2.75) is 25.7 Å². The van der Waals surface area contributed by atoms with E-state index in [9.17, 15) is 4.79 Å². The monoisotopic (exact) mass is 345 g/mol. The number of ether oxygens (including phenoxy) is 1. The van der Waals surface area contributed by atoms with Gasteiger partial charge in [-0.05, 0) is 42.5 Å². The van der Waals surface area contributed by atoms with Crippen LogP contribution >= 0.6 is 0 Å². The second-order valence-corrected chi connectivity index (χ2v) is 6.23. The average Bonchev–Trinajstić information content (AvgIpc) is 2.70. The number of rotatable bonds is 7. The van der Waals surface area contributed by atoms with Gasteiger partial charge in [-0.1, -0.05) is 60.7 Å². The third kappa shape index (κ3) is 4.79. The second kappa shape index (κ2) is 8.95. The van der Waals surface area contributed by atoms with E-state index in [2.05, 4.69) is 41.4 Å². The Balaban J connectivity index is 1.77. The largest absolute Gasteiger partial charge is 0.466 e. The Hall–Kier alpha value is -2.94. The lowest BCUT2D eigenvalue weighted by molar-refractivity contribution is -0.143. The van der Waals surface area contributed by atoms with Crippen LogP contribution in [0.5, 0.6) is 0 Å². The van der Waals surface area contributed by atoms with Gasteiger partial charge in [-0.25, -0.2) is 0 Å². The first-order valence-corrected chi connectivity index (χ1v) is 8.97. The first-order valence-electron chi connectivity index (χ1n) is 8.97. The molecule has 0 aliphatic heterocycles. The first kappa shape index (κ1) is 17.9.